The Bertz CT molecular complexity index is 535. The molecule has 1 aromatic rings. The lowest BCUT2D eigenvalue weighted by Crippen LogP contribution is -2.46. The van der Waals surface area contributed by atoms with Crippen molar-refractivity contribution in [3.8, 4) is 0 Å². The van der Waals surface area contributed by atoms with Crippen LogP contribution >= 0.6 is 11.3 Å². The molecule has 1 aliphatic heterocycles. The van der Waals surface area contributed by atoms with Gasteiger partial charge in [-0.2, -0.15) is 17.4 Å². The second-order valence-corrected chi connectivity index (χ2v) is 8.30. The van der Waals surface area contributed by atoms with E-state index in [1.54, 1.807) is 9.82 Å². The van der Waals surface area contributed by atoms with Gasteiger partial charge in [0.2, 0.25) is 0 Å². The molecule has 1 aromatic heterocycles. The van der Waals surface area contributed by atoms with Gasteiger partial charge >= 0.3 is 0 Å². The maximum atomic E-state index is 12.2. The molecule has 0 bridgehead atoms. The predicted molar refractivity (Wildman–Crippen MR) is 83.2 cm³/mol. The fourth-order valence-electron chi connectivity index (χ4n) is 2.56. The Labute approximate surface area is 130 Å². The van der Waals surface area contributed by atoms with Crippen molar-refractivity contribution in [1.82, 2.24) is 19.3 Å². The minimum atomic E-state index is -3.37. The summed E-state index contributed by atoms with van der Waals surface area (Å²) in [5.41, 5.74) is 2.48. The van der Waals surface area contributed by atoms with Crippen molar-refractivity contribution in [2.24, 2.45) is 5.92 Å². The van der Waals surface area contributed by atoms with Crippen molar-refractivity contribution < 1.29 is 8.42 Å². The zero-order valence-electron chi connectivity index (χ0n) is 12.0. The first-order valence-corrected chi connectivity index (χ1v) is 9.87. The molecular formula is C13H22N4O2S2. The molecule has 21 heavy (non-hydrogen) atoms. The molecule has 1 saturated carbocycles. The maximum Gasteiger partial charge on any atom is 0.279 e. The van der Waals surface area contributed by atoms with E-state index in [0.717, 1.165) is 31.1 Å². The first-order chi connectivity index (χ1) is 10.1. The van der Waals surface area contributed by atoms with Crippen molar-refractivity contribution in [2.45, 2.75) is 38.3 Å². The van der Waals surface area contributed by atoms with E-state index in [2.05, 4.69) is 15.0 Å². The fraction of sp³-hybridized carbons (Fsp3) is 0.769. The van der Waals surface area contributed by atoms with Crippen LogP contribution in [-0.4, -0.2) is 43.4 Å². The zero-order chi connectivity index (χ0) is 14.7. The molecule has 2 heterocycles. The number of rotatable bonds is 7. The summed E-state index contributed by atoms with van der Waals surface area (Å²) in [6.07, 6.45) is 4.48. The second-order valence-electron chi connectivity index (χ2n) is 5.83. The van der Waals surface area contributed by atoms with Crippen molar-refractivity contribution in [3.63, 3.8) is 0 Å². The molecule has 1 saturated heterocycles. The first kappa shape index (κ1) is 15.4. The number of nitrogens with one attached hydrogen (secondary N) is 2. The molecule has 118 valence electrons. The minimum absolute atomic E-state index is 0.273. The quantitative estimate of drug-likeness (QED) is 0.780. The molecule has 1 aliphatic carbocycles. The topological polar surface area (TPSA) is 74.3 Å². The van der Waals surface area contributed by atoms with Crippen LogP contribution in [-0.2, 0) is 16.8 Å². The van der Waals surface area contributed by atoms with Crippen LogP contribution in [0, 0.1) is 5.92 Å². The van der Waals surface area contributed by atoms with E-state index in [1.807, 2.05) is 5.38 Å². The normalized spacial score (nSPS) is 21.7. The van der Waals surface area contributed by atoms with E-state index in [0.29, 0.717) is 19.0 Å². The number of piperidine rings is 1. The van der Waals surface area contributed by atoms with Gasteiger partial charge in [0.05, 0.1) is 17.7 Å². The van der Waals surface area contributed by atoms with Crippen molar-refractivity contribution in [3.05, 3.63) is 16.6 Å². The zero-order valence-corrected chi connectivity index (χ0v) is 13.6. The average molecular weight is 330 g/mol. The van der Waals surface area contributed by atoms with Crippen LogP contribution in [0.5, 0.6) is 0 Å². The average Bonchev–Trinajstić information content (AvgIpc) is 3.17. The summed E-state index contributed by atoms with van der Waals surface area (Å²) in [5.74, 6) is 0.607. The van der Waals surface area contributed by atoms with E-state index < -0.39 is 10.2 Å². The van der Waals surface area contributed by atoms with Gasteiger partial charge in [0.25, 0.3) is 10.2 Å². The van der Waals surface area contributed by atoms with Crippen molar-refractivity contribution >= 4 is 21.5 Å². The highest BCUT2D eigenvalue weighted by Crippen LogP contribution is 2.22. The Morgan fingerprint density at radius 3 is 2.67 bits per heavy atom. The smallest absolute Gasteiger partial charge is 0.279 e. The van der Waals surface area contributed by atoms with Gasteiger partial charge in [-0.25, -0.2) is 4.98 Å². The summed E-state index contributed by atoms with van der Waals surface area (Å²) in [7, 11) is -3.37. The molecule has 2 N–H and O–H groups in total. The highest BCUT2D eigenvalue weighted by atomic mass is 32.2. The molecule has 0 unspecified atom stereocenters. The summed E-state index contributed by atoms with van der Waals surface area (Å²) in [4.78, 5) is 4.09. The van der Waals surface area contributed by atoms with Gasteiger partial charge in [0, 0.05) is 24.5 Å². The van der Waals surface area contributed by atoms with Gasteiger partial charge in [-0.05, 0) is 38.1 Å². The Hall–Kier alpha value is -0.540. The van der Waals surface area contributed by atoms with E-state index in [4.69, 9.17) is 0 Å². The lowest BCUT2D eigenvalue weighted by Gasteiger charge is -2.31. The monoisotopic (exact) mass is 330 g/mol. The van der Waals surface area contributed by atoms with Crippen LogP contribution in [0.25, 0.3) is 0 Å². The standard InChI is InChI=1S/C13H22N4O2S2/c18-21(19,16-8-13-9-20-10-15-13)17-5-3-11(4-6-17)7-14-12-1-2-12/h9-12,14,16H,1-8H2. The number of thiazole rings is 1. The summed E-state index contributed by atoms with van der Waals surface area (Å²) >= 11 is 1.47. The molecule has 0 atom stereocenters. The third-order valence-corrected chi connectivity index (χ3v) is 6.29. The van der Waals surface area contributed by atoms with Gasteiger partial charge in [0.15, 0.2) is 0 Å². The minimum Gasteiger partial charge on any atom is -0.314 e. The third-order valence-electron chi connectivity index (χ3n) is 4.11. The van der Waals surface area contributed by atoms with E-state index >= 15 is 0 Å². The molecular weight excluding hydrogens is 308 g/mol. The lowest BCUT2D eigenvalue weighted by atomic mass is 9.98. The summed E-state index contributed by atoms with van der Waals surface area (Å²) in [6.45, 7) is 2.53. The highest BCUT2D eigenvalue weighted by Gasteiger charge is 2.29. The molecule has 0 radical (unpaired) electrons. The molecule has 0 aromatic carbocycles. The van der Waals surface area contributed by atoms with Crippen molar-refractivity contribution in [1.29, 1.82) is 0 Å². The van der Waals surface area contributed by atoms with Gasteiger partial charge in [-0.1, -0.05) is 0 Å². The van der Waals surface area contributed by atoms with Crippen LogP contribution in [0.4, 0.5) is 0 Å². The van der Waals surface area contributed by atoms with Gasteiger partial charge in [-0.3, -0.25) is 0 Å². The summed E-state index contributed by atoms with van der Waals surface area (Å²) < 4.78 is 28.7. The Balaban J connectivity index is 1.43. The molecule has 2 aliphatic rings. The largest absolute Gasteiger partial charge is 0.314 e. The second kappa shape index (κ2) is 6.70. The molecule has 2 fully saturated rings. The van der Waals surface area contributed by atoms with E-state index in [1.165, 1.54) is 24.2 Å². The van der Waals surface area contributed by atoms with Gasteiger partial charge in [0.1, 0.15) is 0 Å². The summed E-state index contributed by atoms with van der Waals surface area (Å²) in [5, 5.41) is 5.39. The van der Waals surface area contributed by atoms with Gasteiger partial charge < -0.3 is 5.32 Å². The molecule has 0 spiro atoms. The number of hydrogen-bond acceptors (Lipinski definition) is 5. The highest BCUT2D eigenvalue weighted by molar-refractivity contribution is 7.87. The molecule has 6 nitrogen and oxygen atoms in total. The lowest BCUT2D eigenvalue weighted by molar-refractivity contribution is 0.264. The Morgan fingerprint density at radius 2 is 2.05 bits per heavy atom. The molecule has 3 rings (SSSR count). The number of nitrogens with zero attached hydrogens (tertiary/aromatic N) is 2. The van der Waals surface area contributed by atoms with Crippen LogP contribution in [0.2, 0.25) is 0 Å². The first-order valence-electron chi connectivity index (χ1n) is 7.48. The van der Waals surface area contributed by atoms with Crippen LogP contribution in [0.3, 0.4) is 0 Å². The van der Waals surface area contributed by atoms with Gasteiger partial charge in [-0.15, -0.1) is 11.3 Å². The van der Waals surface area contributed by atoms with Crippen LogP contribution in [0.15, 0.2) is 10.9 Å². The fourth-order valence-corrected chi connectivity index (χ4v) is 4.32. The summed E-state index contributed by atoms with van der Waals surface area (Å²) in [6, 6.07) is 0.728. The third kappa shape index (κ3) is 4.46. The predicted octanol–water partition coefficient (Wildman–Crippen LogP) is 0.941. The van der Waals surface area contributed by atoms with Crippen LogP contribution < -0.4 is 10.0 Å². The maximum absolute atomic E-state index is 12.2. The van der Waals surface area contributed by atoms with Crippen molar-refractivity contribution in [2.75, 3.05) is 19.6 Å². The number of aromatic nitrogens is 1. The van der Waals surface area contributed by atoms with E-state index in [-0.39, 0.29) is 6.54 Å². The van der Waals surface area contributed by atoms with E-state index in [9.17, 15) is 8.42 Å². The Kier molecular flexibility index (Phi) is 4.90. The molecule has 8 heteroatoms. The molecule has 0 amide bonds. The number of hydrogen-bond donors (Lipinski definition) is 2. The Morgan fingerprint density at radius 1 is 1.29 bits per heavy atom. The van der Waals surface area contributed by atoms with Crippen LogP contribution in [0.1, 0.15) is 31.4 Å². The SMILES string of the molecule is O=S(=O)(NCc1cscn1)N1CCC(CNC2CC2)CC1.